The van der Waals surface area contributed by atoms with Gasteiger partial charge in [-0.1, -0.05) is 30.3 Å². The minimum atomic E-state index is -1.95. The van der Waals surface area contributed by atoms with Crippen molar-refractivity contribution in [2.24, 2.45) is 0 Å². The first kappa shape index (κ1) is 10.6. The van der Waals surface area contributed by atoms with Crippen molar-refractivity contribution in [3.63, 3.8) is 0 Å². The maximum atomic E-state index is 10.9. The Balaban J connectivity index is 2.27. The van der Waals surface area contributed by atoms with Gasteiger partial charge in [-0.05, 0) is 12.5 Å². The summed E-state index contributed by atoms with van der Waals surface area (Å²) in [5, 5.41) is 0. The maximum Gasteiger partial charge on any atom is 0.0833 e. The van der Waals surface area contributed by atoms with E-state index in [-0.39, 0.29) is 0 Å². The topological polar surface area (TPSA) is 41.5 Å². The highest BCUT2D eigenvalue weighted by molar-refractivity contribution is 7.38. The standard InChI is InChI=1S/C9H12O3P/c1-2-11-13(10)12-8-9-6-4-3-5-7-9/h3-7H,2,8H2,1H3/q-1. The summed E-state index contributed by atoms with van der Waals surface area (Å²) < 4.78 is 9.71. The lowest BCUT2D eigenvalue weighted by molar-refractivity contribution is -0.205. The Morgan fingerprint density at radius 3 is 2.54 bits per heavy atom. The molecule has 1 aromatic carbocycles. The van der Waals surface area contributed by atoms with Crippen LogP contribution in [-0.4, -0.2) is 6.61 Å². The molecule has 1 atom stereocenters. The van der Waals surface area contributed by atoms with Crippen molar-refractivity contribution >= 4 is 8.60 Å². The molecule has 0 saturated carbocycles. The highest BCUT2D eigenvalue weighted by Crippen LogP contribution is 2.28. The third-order valence-electron chi connectivity index (χ3n) is 1.41. The molecular formula is C9H12O3P-. The van der Waals surface area contributed by atoms with Gasteiger partial charge >= 0.3 is 0 Å². The van der Waals surface area contributed by atoms with Crippen LogP contribution in [0.2, 0.25) is 0 Å². The minimum Gasteiger partial charge on any atom is -0.786 e. The number of benzene rings is 1. The zero-order valence-corrected chi connectivity index (χ0v) is 8.37. The van der Waals surface area contributed by atoms with Crippen LogP contribution < -0.4 is 4.89 Å². The Morgan fingerprint density at radius 1 is 1.23 bits per heavy atom. The molecular weight excluding hydrogens is 187 g/mol. The van der Waals surface area contributed by atoms with Crippen LogP contribution in [-0.2, 0) is 15.7 Å². The molecule has 0 bridgehead atoms. The van der Waals surface area contributed by atoms with Gasteiger partial charge in [0, 0.05) is 6.61 Å². The molecule has 4 heteroatoms. The highest BCUT2D eigenvalue weighted by Gasteiger charge is 1.94. The van der Waals surface area contributed by atoms with E-state index in [1.165, 1.54) is 0 Å². The van der Waals surface area contributed by atoms with Crippen LogP contribution >= 0.6 is 8.60 Å². The SMILES string of the molecule is CCOP([O-])OCc1ccccc1. The predicted molar refractivity (Wildman–Crippen MR) is 49.8 cm³/mol. The molecule has 1 rings (SSSR count). The second-order valence-corrected chi connectivity index (χ2v) is 3.36. The van der Waals surface area contributed by atoms with E-state index in [0.29, 0.717) is 13.2 Å². The molecule has 0 radical (unpaired) electrons. The minimum absolute atomic E-state index is 0.329. The first-order valence-electron chi connectivity index (χ1n) is 4.10. The summed E-state index contributed by atoms with van der Waals surface area (Å²) in [5.41, 5.74) is 0.991. The molecule has 1 aromatic rings. The largest absolute Gasteiger partial charge is 0.786 e. The van der Waals surface area contributed by atoms with Gasteiger partial charge in [-0.25, -0.2) is 0 Å². The van der Waals surface area contributed by atoms with Gasteiger partial charge in [0.05, 0.1) is 15.2 Å². The Morgan fingerprint density at radius 2 is 1.92 bits per heavy atom. The van der Waals surface area contributed by atoms with Gasteiger partial charge in [-0.2, -0.15) is 0 Å². The summed E-state index contributed by atoms with van der Waals surface area (Å²) in [7, 11) is -1.95. The second-order valence-electron chi connectivity index (χ2n) is 2.40. The molecule has 0 aliphatic heterocycles. The average molecular weight is 199 g/mol. The lowest BCUT2D eigenvalue weighted by Crippen LogP contribution is -2.02. The molecule has 72 valence electrons. The lowest BCUT2D eigenvalue weighted by atomic mass is 10.2. The van der Waals surface area contributed by atoms with Crippen LogP contribution in [0, 0.1) is 0 Å². The molecule has 0 aromatic heterocycles. The Bertz CT molecular complexity index is 228. The highest BCUT2D eigenvalue weighted by atomic mass is 31.2. The molecule has 0 fully saturated rings. The molecule has 0 saturated heterocycles. The normalized spacial score (nSPS) is 12.8. The first-order valence-corrected chi connectivity index (χ1v) is 5.19. The average Bonchev–Trinajstić information content (AvgIpc) is 2.17. The second kappa shape index (κ2) is 6.06. The summed E-state index contributed by atoms with van der Waals surface area (Å²) in [6, 6.07) is 9.56. The first-order chi connectivity index (χ1) is 6.33. The van der Waals surface area contributed by atoms with Gasteiger partial charge < -0.3 is 13.9 Å². The summed E-state index contributed by atoms with van der Waals surface area (Å²) in [6.45, 7) is 2.51. The molecule has 0 aliphatic carbocycles. The van der Waals surface area contributed by atoms with Crippen molar-refractivity contribution in [1.82, 2.24) is 0 Å². The van der Waals surface area contributed by atoms with E-state index in [1.807, 2.05) is 30.3 Å². The zero-order chi connectivity index (χ0) is 9.52. The monoisotopic (exact) mass is 199 g/mol. The smallest absolute Gasteiger partial charge is 0.0833 e. The summed E-state index contributed by atoms with van der Waals surface area (Å²) >= 11 is 0. The summed E-state index contributed by atoms with van der Waals surface area (Å²) in [6.07, 6.45) is 0. The number of hydrogen-bond donors (Lipinski definition) is 0. The van der Waals surface area contributed by atoms with E-state index in [9.17, 15) is 4.89 Å². The molecule has 0 heterocycles. The van der Waals surface area contributed by atoms with Crippen molar-refractivity contribution in [3.05, 3.63) is 35.9 Å². The summed E-state index contributed by atoms with van der Waals surface area (Å²) in [5.74, 6) is 0. The van der Waals surface area contributed by atoms with E-state index < -0.39 is 8.60 Å². The van der Waals surface area contributed by atoms with E-state index >= 15 is 0 Å². The van der Waals surface area contributed by atoms with Crippen LogP contribution in [0.15, 0.2) is 30.3 Å². The van der Waals surface area contributed by atoms with Crippen molar-refractivity contribution in [2.75, 3.05) is 6.61 Å². The van der Waals surface area contributed by atoms with Gasteiger partial charge in [0.15, 0.2) is 0 Å². The van der Waals surface area contributed by atoms with Crippen LogP contribution in [0.4, 0.5) is 0 Å². The van der Waals surface area contributed by atoms with Gasteiger partial charge in [0.1, 0.15) is 0 Å². The van der Waals surface area contributed by atoms with Crippen molar-refractivity contribution in [1.29, 1.82) is 0 Å². The van der Waals surface area contributed by atoms with Crippen LogP contribution in [0.5, 0.6) is 0 Å². The molecule has 3 nitrogen and oxygen atoms in total. The molecule has 0 N–H and O–H groups in total. The lowest BCUT2D eigenvalue weighted by Gasteiger charge is -2.20. The fourth-order valence-electron chi connectivity index (χ4n) is 0.844. The molecule has 1 unspecified atom stereocenters. The van der Waals surface area contributed by atoms with Gasteiger partial charge in [0.2, 0.25) is 0 Å². The third kappa shape index (κ3) is 4.34. The molecule has 0 spiro atoms. The van der Waals surface area contributed by atoms with E-state index in [0.717, 1.165) is 5.56 Å². The van der Waals surface area contributed by atoms with Crippen molar-refractivity contribution in [3.8, 4) is 0 Å². The zero-order valence-electron chi connectivity index (χ0n) is 7.47. The Labute approximate surface area is 79.3 Å². The van der Waals surface area contributed by atoms with Gasteiger partial charge in [-0.15, -0.1) is 0 Å². The fraction of sp³-hybridized carbons (Fsp3) is 0.333. The van der Waals surface area contributed by atoms with Gasteiger partial charge in [0.25, 0.3) is 0 Å². The van der Waals surface area contributed by atoms with E-state index in [2.05, 4.69) is 0 Å². The van der Waals surface area contributed by atoms with Crippen LogP contribution in [0.25, 0.3) is 0 Å². The summed E-state index contributed by atoms with van der Waals surface area (Å²) in [4.78, 5) is 10.9. The van der Waals surface area contributed by atoms with E-state index in [1.54, 1.807) is 6.92 Å². The Hall–Kier alpha value is -0.470. The fourth-order valence-corrected chi connectivity index (χ4v) is 1.38. The quantitative estimate of drug-likeness (QED) is 0.679. The number of rotatable bonds is 5. The predicted octanol–water partition coefficient (Wildman–Crippen LogP) is 1.83. The molecule has 0 amide bonds. The van der Waals surface area contributed by atoms with E-state index in [4.69, 9.17) is 9.05 Å². The molecule has 13 heavy (non-hydrogen) atoms. The number of hydrogen-bond acceptors (Lipinski definition) is 3. The maximum absolute atomic E-state index is 10.9. The van der Waals surface area contributed by atoms with Crippen molar-refractivity contribution in [2.45, 2.75) is 13.5 Å². The van der Waals surface area contributed by atoms with Crippen LogP contribution in [0.1, 0.15) is 12.5 Å². The van der Waals surface area contributed by atoms with Gasteiger partial charge in [-0.3, -0.25) is 0 Å². The third-order valence-corrected chi connectivity index (χ3v) is 2.22. The van der Waals surface area contributed by atoms with Crippen LogP contribution in [0.3, 0.4) is 0 Å². The van der Waals surface area contributed by atoms with Crippen molar-refractivity contribution < 1.29 is 13.9 Å². The molecule has 0 aliphatic rings. The Kier molecular flexibility index (Phi) is 4.94.